The molecule has 2 aliphatic heterocycles. The molecule has 5 nitrogen and oxygen atoms in total. The van der Waals surface area contributed by atoms with E-state index in [1.165, 1.54) is 5.56 Å². The molecule has 1 fully saturated rings. The van der Waals surface area contributed by atoms with Crippen LogP contribution in [0.15, 0.2) is 18.2 Å². The van der Waals surface area contributed by atoms with Crippen LogP contribution in [0.1, 0.15) is 18.1 Å². The van der Waals surface area contributed by atoms with Crippen LogP contribution < -0.4 is 4.74 Å². The smallest absolute Gasteiger partial charge is 0.227 e. The zero-order chi connectivity index (χ0) is 15.5. The monoisotopic (exact) mass is 304 g/mol. The number of morpholine rings is 1. The van der Waals surface area contributed by atoms with Gasteiger partial charge < -0.3 is 14.4 Å². The number of fused-ring (bicyclic) bond motifs is 1. The summed E-state index contributed by atoms with van der Waals surface area (Å²) in [6.45, 7) is 7.58. The van der Waals surface area contributed by atoms with Crippen molar-refractivity contribution < 1.29 is 14.3 Å². The molecule has 1 saturated heterocycles. The highest BCUT2D eigenvalue weighted by Gasteiger charge is 2.29. The first-order valence-electron chi connectivity index (χ1n) is 7.92. The highest BCUT2D eigenvalue weighted by molar-refractivity contribution is 5.79. The molecule has 3 rings (SSSR count). The number of ether oxygens (including phenoxy) is 2. The lowest BCUT2D eigenvalue weighted by Gasteiger charge is -2.30. The number of nitrogens with zero attached hydrogens (tertiary/aromatic N) is 2. The molecular weight excluding hydrogens is 280 g/mol. The lowest BCUT2D eigenvalue weighted by atomic mass is 10.1. The number of benzene rings is 1. The Morgan fingerprint density at radius 3 is 2.82 bits per heavy atom. The summed E-state index contributed by atoms with van der Waals surface area (Å²) in [6.07, 6.45) is 0. The quantitative estimate of drug-likeness (QED) is 0.845. The van der Waals surface area contributed by atoms with Crippen LogP contribution in [0.5, 0.6) is 5.75 Å². The molecule has 0 aromatic heterocycles. The molecule has 1 amide bonds. The molecule has 0 spiro atoms. The van der Waals surface area contributed by atoms with Crippen LogP contribution in [0.25, 0.3) is 0 Å². The number of rotatable bonds is 4. The SMILES string of the molecule is COc1cccc2c1CN(C(=O)C(C)CN1CCOCC1)C2. The van der Waals surface area contributed by atoms with Gasteiger partial charge in [-0.2, -0.15) is 0 Å². The van der Waals surface area contributed by atoms with Crippen LogP contribution in [0.2, 0.25) is 0 Å². The summed E-state index contributed by atoms with van der Waals surface area (Å²) in [4.78, 5) is 17.0. The number of carbonyl (C=O) groups excluding carboxylic acids is 1. The second kappa shape index (κ2) is 6.67. The van der Waals surface area contributed by atoms with Crippen LogP contribution in [0, 0.1) is 5.92 Å². The predicted molar refractivity (Wildman–Crippen MR) is 83.7 cm³/mol. The fraction of sp³-hybridized carbons (Fsp3) is 0.588. The van der Waals surface area contributed by atoms with Crippen molar-refractivity contribution in [1.82, 2.24) is 9.80 Å². The number of hydrogen-bond donors (Lipinski definition) is 0. The van der Waals surface area contributed by atoms with Crippen LogP contribution >= 0.6 is 0 Å². The second-order valence-electron chi connectivity index (χ2n) is 6.11. The summed E-state index contributed by atoms with van der Waals surface area (Å²) in [6, 6.07) is 6.03. The molecule has 2 aliphatic rings. The van der Waals surface area contributed by atoms with Crippen molar-refractivity contribution in [2.45, 2.75) is 20.0 Å². The third-order valence-corrected chi connectivity index (χ3v) is 4.53. The topological polar surface area (TPSA) is 42.0 Å². The molecule has 0 bridgehead atoms. The second-order valence-corrected chi connectivity index (χ2v) is 6.11. The van der Waals surface area contributed by atoms with Crippen LogP contribution in [0.3, 0.4) is 0 Å². The highest BCUT2D eigenvalue weighted by Crippen LogP contribution is 2.31. The van der Waals surface area contributed by atoms with E-state index in [0.717, 1.165) is 44.2 Å². The minimum Gasteiger partial charge on any atom is -0.496 e. The van der Waals surface area contributed by atoms with Crippen molar-refractivity contribution in [3.05, 3.63) is 29.3 Å². The largest absolute Gasteiger partial charge is 0.496 e. The molecule has 120 valence electrons. The molecular formula is C17H24N2O3. The fourth-order valence-electron chi connectivity index (χ4n) is 3.30. The maximum atomic E-state index is 12.7. The maximum Gasteiger partial charge on any atom is 0.227 e. The van der Waals surface area contributed by atoms with Crippen molar-refractivity contribution >= 4 is 5.91 Å². The Morgan fingerprint density at radius 2 is 2.09 bits per heavy atom. The van der Waals surface area contributed by atoms with E-state index < -0.39 is 0 Å². The molecule has 0 radical (unpaired) electrons. The molecule has 5 heteroatoms. The van der Waals surface area contributed by atoms with E-state index >= 15 is 0 Å². The average Bonchev–Trinajstić information content (AvgIpc) is 2.99. The number of hydrogen-bond acceptors (Lipinski definition) is 4. The molecule has 22 heavy (non-hydrogen) atoms. The third kappa shape index (κ3) is 3.10. The molecule has 0 aliphatic carbocycles. The Bertz CT molecular complexity index is 541. The molecule has 1 unspecified atom stereocenters. The first-order chi connectivity index (χ1) is 10.7. The number of carbonyl (C=O) groups is 1. The minimum atomic E-state index is 0.0124. The van der Waals surface area contributed by atoms with Gasteiger partial charge >= 0.3 is 0 Å². The zero-order valence-corrected chi connectivity index (χ0v) is 13.4. The molecule has 1 aromatic carbocycles. The molecule has 2 heterocycles. The Kier molecular flexibility index (Phi) is 4.64. The molecule has 1 atom stereocenters. The first kappa shape index (κ1) is 15.3. The summed E-state index contributed by atoms with van der Waals surface area (Å²) in [7, 11) is 1.68. The standard InChI is InChI=1S/C17H24N2O3/c1-13(10-18-6-8-22-9-7-18)17(20)19-11-14-4-3-5-16(21-2)15(14)12-19/h3-5,13H,6-12H2,1-2H3. The number of methoxy groups -OCH3 is 1. The van der Waals surface area contributed by atoms with Crippen molar-refractivity contribution in [3.8, 4) is 5.75 Å². The van der Waals surface area contributed by atoms with Gasteiger partial charge in [0.25, 0.3) is 0 Å². The van der Waals surface area contributed by atoms with Gasteiger partial charge in [-0.15, -0.1) is 0 Å². The van der Waals surface area contributed by atoms with Gasteiger partial charge in [0.1, 0.15) is 5.75 Å². The van der Waals surface area contributed by atoms with E-state index in [4.69, 9.17) is 9.47 Å². The summed E-state index contributed by atoms with van der Waals surface area (Å²) < 4.78 is 10.8. The van der Waals surface area contributed by atoms with E-state index in [0.29, 0.717) is 13.1 Å². The van der Waals surface area contributed by atoms with Crippen LogP contribution in [0.4, 0.5) is 0 Å². The predicted octanol–water partition coefficient (Wildman–Crippen LogP) is 1.51. The van der Waals surface area contributed by atoms with Gasteiger partial charge in [-0.25, -0.2) is 0 Å². The van der Waals surface area contributed by atoms with Gasteiger partial charge in [-0.05, 0) is 11.6 Å². The van der Waals surface area contributed by atoms with Crippen LogP contribution in [-0.2, 0) is 22.6 Å². The van der Waals surface area contributed by atoms with Crippen molar-refractivity contribution in [1.29, 1.82) is 0 Å². The van der Waals surface area contributed by atoms with E-state index in [1.807, 2.05) is 24.0 Å². The van der Waals surface area contributed by atoms with Crippen molar-refractivity contribution in [2.24, 2.45) is 5.92 Å². The van der Waals surface area contributed by atoms with Crippen molar-refractivity contribution in [3.63, 3.8) is 0 Å². The Labute approximate surface area is 131 Å². The van der Waals surface area contributed by atoms with Gasteiger partial charge in [-0.1, -0.05) is 19.1 Å². The fourth-order valence-corrected chi connectivity index (χ4v) is 3.30. The Morgan fingerprint density at radius 1 is 1.32 bits per heavy atom. The van der Waals surface area contributed by atoms with E-state index in [-0.39, 0.29) is 11.8 Å². The summed E-state index contributed by atoms with van der Waals surface area (Å²) >= 11 is 0. The maximum absolute atomic E-state index is 12.7. The van der Waals surface area contributed by atoms with Gasteiger partial charge in [0, 0.05) is 44.2 Å². The Balaban J connectivity index is 1.61. The van der Waals surface area contributed by atoms with Crippen molar-refractivity contribution in [2.75, 3.05) is 40.0 Å². The molecule has 1 aromatic rings. The van der Waals surface area contributed by atoms with E-state index in [9.17, 15) is 4.79 Å². The summed E-state index contributed by atoms with van der Waals surface area (Å²) in [5, 5.41) is 0. The van der Waals surface area contributed by atoms with Gasteiger partial charge in [-0.3, -0.25) is 9.69 Å². The number of amides is 1. The minimum absolute atomic E-state index is 0.0124. The molecule has 0 saturated carbocycles. The average molecular weight is 304 g/mol. The van der Waals surface area contributed by atoms with E-state index in [1.54, 1.807) is 7.11 Å². The van der Waals surface area contributed by atoms with Gasteiger partial charge in [0.2, 0.25) is 5.91 Å². The highest BCUT2D eigenvalue weighted by atomic mass is 16.5. The van der Waals surface area contributed by atoms with Gasteiger partial charge in [0.05, 0.1) is 20.3 Å². The third-order valence-electron chi connectivity index (χ3n) is 4.53. The van der Waals surface area contributed by atoms with Crippen LogP contribution in [-0.4, -0.2) is 55.7 Å². The summed E-state index contributed by atoms with van der Waals surface area (Å²) in [5.74, 6) is 1.12. The Hall–Kier alpha value is -1.59. The lowest BCUT2D eigenvalue weighted by Crippen LogP contribution is -2.43. The van der Waals surface area contributed by atoms with Gasteiger partial charge in [0.15, 0.2) is 0 Å². The molecule has 0 N–H and O–H groups in total. The van der Waals surface area contributed by atoms with E-state index in [2.05, 4.69) is 11.0 Å². The zero-order valence-electron chi connectivity index (χ0n) is 13.4. The summed E-state index contributed by atoms with van der Waals surface area (Å²) in [5.41, 5.74) is 2.35. The normalized spacial score (nSPS) is 19.8. The first-order valence-corrected chi connectivity index (χ1v) is 7.92. The lowest BCUT2D eigenvalue weighted by molar-refractivity contribution is -0.136.